The maximum absolute atomic E-state index is 11.2. The molecule has 0 aromatic heterocycles. The van der Waals surface area contributed by atoms with Crippen LogP contribution in [0.3, 0.4) is 0 Å². The van der Waals surface area contributed by atoms with Crippen LogP contribution in [0.4, 0.5) is 11.4 Å². The van der Waals surface area contributed by atoms with E-state index >= 15 is 0 Å². The van der Waals surface area contributed by atoms with Gasteiger partial charge < -0.3 is 49.2 Å². The summed E-state index contributed by atoms with van der Waals surface area (Å²) in [6.45, 7) is 13.8. The predicted octanol–water partition coefficient (Wildman–Crippen LogP) is 14.9. The lowest BCUT2D eigenvalue weighted by Crippen LogP contribution is -2.42. The summed E-state index contributed by atoms with van der Waals surface area (Å²) < 4.78 is 23.9. The predicted molar refractivity (Wildman–Crippen MR) is 307 cm³/mol. The van der Waals surface area contributed by atoms with Gasteiger partial charge in [-0.1, -0.05) is 233 Å². The molecule has 0 aliphatic rings. The minimum atomic E-state index is -0.730. The molecule has 1 rings (SSSR count). The van der Waals surface area contributed by atoms with Gasteiger partial charge in [0.25, 0.3) is 0 Å². The molecule has 0 radical (unpaired) electrons. The van der Waals surface area contributed by atoms with Crippen LogP contribution in [0.1, 0.15) is 259 Å². The van der Waals surface area contributed by atoms with Crippen molar-refractivity contribution in [3.63, 3.8) is 0 Å². The molecule has 0 fully saturated rings. The van der Waals surface area contributed by atoms with Gasteiger partial charge in [-0.05, 0) is 49.9 Å². The molecule has 10 heteroatoms. The Morgan fingerprint density at radius 1 is 0.278 bits per heavy atom. The van der Waals surface area contributed by atoms with Crippen LogP contribution < -0.4 is 9.80 Å². The molecule has 0 bridgehead atoms. The average molecular weight is 1020 g/mol. The van der Waals surface area contributed by atoms with E-state index in [1.165, 1.54) is 180 Å². The van der Waals surface area contributed by atoms with Crippen molar-refractivity contribution in [2.45, 2.75) is 283 Å². The monoisotopic (exact) mass is 1020 g/mol. The summed E-state index contributed by atoms with van der Waals surface area (Å²) in [6, 6.07) is 8.03. The molecule has 0 heterocycles. The summed E-state index contributed by atoms with van der Waals surface area (Å²) in [7, 11) is 0. The van der Waals surface area contributed by atoms with Crippen molar-refractivity contribution in [2.75, 3.05) is 88.8 Å². The minimum absolute atomic E-state index is 0.239. The van der Waals surface area contributed by atoms with Gasteiger partial charge in [0.1, 0.15) is 0 Å². The molecule has 0 aliphatic heterocycles. The minimum Gasteiger partial charge on any atom is -0.389 e. The Kier molecular flexibility index (Phi) is 50.4. The summed E-state index contributed by atoms with van der Waals surface area (Å²) in [4.78, 5) is 4.05. The van der Waals surface area contributed by atoms with Gasteiger partial charge >= 0.3 is 0 Å². The molecule has 4 atom stereocenters. The largest absolute Gasteiger partial charge is 0.389 e. The molecule has 4 N–H and O–H groups in total. The van der Waals surface area contributed by atoms with Crippen molar-refractivity contribution < 1.29 is 39.4 Å². The van der Waals surface area contributed by atoms with E-state index in [0.29, 0.717) is 52.6 Å². The third kappa shape index (κ3) is 43.7. The van der Waals surface area contributed by atoms with E-state index in [-0.39, 0.29) is 26.4 Å². The maximum Gasteiger partial charge on any atom is 0.0948 e. The van der Waals surface area contributed by atoms with E-state index in [1.807, 2.05) is 34.1 Å². The Morgan fingerprint density at radius 3 is 0.625 bits per heavy atom. The van der Waals surface area contributed by atoms with Crippen molar-refractivity contribution in [2.24, 2.45) is 0 Å². The lowest BCUT2D eigenvalue weighted by Gasteiger charge is -2.32. The van der Waals surface area contributed by atoms with Crippen LogP contribution in [0, 0.1) is 0 Å². The molecule has 0 spiro atoms. The van der Waals surface area contributed by atoms with Crippen LogP contribution in [0.2, 0.25) is 0 Å². The standard InChI is InChI=1S/C62H120N2O8/c1-5-9-13-17-21-25-29-33-37-45-69-53-59(65)49-63(50-60(66)54-70-46-38-34-30-26-22-18-14-10-6-2)57-41-43-58(44-42-57)64(51-61(67)55-71-47-39-35-31-27-23-19-15-11-7-3)52-62(68)56-72-48-40-36-32-28-24-20-16-12-8-4/h41-44,59-62,65-68H,5-40,45-56H2,1-4H3. The van der Waals surface area contributed by atoms with Gasteiger partial charge in [0.2, 0.25) is 0 Å². The lowest BCUT2D eigenvalue weighted by atomic mass is 10.1. The third-order valence-corrected chi connectivity index (χ3v) is 14.1. The molecule has 426 valence electrons. The second kappa shape index (κ2) is 52.9. The van der Waals surface area contributed by atoms with E-state index < -0.39 is 24.4 Å². The van der Waals surface area contributed by atoms with Crippen LogP contribution in [-0.4, -0.2) is 124 Å². The van der Waals surface area contributed by atoms with Gasteiger partial charge in [-0.15, -0.1) is 0 Å². The third-order valence-electron chi connectivity index (χ3n) is 14.1. The van der Waals surface area contributed by atoms with Gasteiger partial charge in [-0.25, -0.2) is 0 Å². The Morgan fingerprint density at radius 2 is 0.444 bits per heavy atom. The van der Waals surface area contributed by atoms with Gasteiger partial charge in [0.15, 0.2) is 0 Å². The highest BCUT2D eigenvalue weighted by atomic mass is 16.5. The summed E-state index contributed by atoms with van der Waals surface area (Å²) in [6.07, 6.45) is 42.2. The van der Waals surface area contributed by atoms with E-state index in [9.17, 15) is 20.4 Å². The molecule has 10 nitrogen and oxygen atoms in total. The number of rotatable bonds is 58. The van der Waals surface area contributed by atoms with E-state index in [0.717, 1.165) is 62.7 Å². The average Bonchev–Trinajstić information content (AvgIpc) is 3.37. The Balaban J connectivity index is 2.91. The summed E-state index contributed by atoms with van der Waals surface area (Å²) in [5, 5.41) is 45.0. The van der Waals surface area contributed by atoms with Crippen molar-refractivity contribution in [1.82, 2.24) is 0 Å². The van der Waals surface area contributed by atoms with Crippen molar-refractivity contribution >= 4 is 11.4 Å². The fourth-order valence-corrected chi connectivity index (χ4v) is 9.61. The normalized spacial score (nSPS) is 13.4. The highest BCUT2D eigenvalue weighted by Crippen LogP contribution is 2.23. The fraction of sp³-hybridized carbons (Fsp3) is 0.903. The molecular weight excluding hydrogens is 901 g/mol. The Bertz CT molecular complexity index is 1050. The molecule has 0 amide bonds. The molecular formula is C62H120N2O8. The molecule has 0 aliphatic carbocycles. The zero-order valence-electron chi connectivity index (χ0n) is 47.9. The first-order valence-corrected chi connectivity index (χ1v) is 31.0. The SMILES string of the molecule is CCCCCCCCCCCOCC(O)CN(CC(O)COCCCCCCCCCCC)c1ccc(N(CC(O)COCCCCCCCCCCC)CC(O)COCCCCCCCCCCC)cc1. The smallest absolute Gasteiger partial charge is 0.0948 e. The molecule has 72 heavy (non-hydrogen) atoms. The molecule has 1 aromatic carbocycles. The van der Waals surface area contributed by atoms with Crippen LogP contribution in [0.5, 0.6) is 0 Å². The maximum atomic E-state index is 11.2. The molecule has 4 unspecified atom stereocenters. The lowest BCUT2D eigenvalue weighted by molar-refractivity contribution is 0.0282. The molecule has 0 saturated carbocycles. The number of hydrogen-bond acceptors (Lipinski definition) is 10. The summed E-state index contributed by atoms with van der Waals surface area (Å²) in [5.41, 5.74) is 1.73. The number of nitrogens with zero attached hydrogens (tertiary/aromatic N) is 2. The van der Waals surface area contributed by atoms with Crippen molar-refractivity contribution in [3.05, 3.63) is 24.3 Å². The Labute approximate surface area is 445 Å². The number of ether oxygens (including phenoxy) is 4. The van der Waals surface area contributed by atoms with Gasteiger partial charge in [-0.2, -0.15) is 0 Å². The van der Waals surface area contributed by atoms with Crippen molar-refractivity contribution in [3.8, 4) is 0 Å². The molecule has 0 saturated heterocycles. The number of aliphatic hydroxyl groups excluding tert-OH is 4. The first kappa shape index (κ1) is 68.5. The summed E-state index contributed by atoms with van der Waals surface area (Å²) in [5.74, 6) is 0. The highest BCUT2D eigenvalue weighted by molar-refractivity contribution is 5.57. The van der Waals surface area contributed by atoms with Crippen LogP contribution in [0.25, 0.3) is 0 Å². The van der Waals surface area contributed by atoms with E-state index in [4.69, 9.17) is 18.9 Å². The summed E-state index contributed by atoms with van der Waals surface area (Å²) >= 11 is 0. The highest BCUT2D eigenvalue weighted by Gasteiger charge is 2.21. The van der Waals surface area contributed by atoms with Crippen molar-refractivity contribution in [1.29, 1.82) is 0 Å². The number of hydrogen-bond donors (Lipinski definition) is 4. The van der Waals surface area contributed by atoms with Gasteiger partial charge in [0, 0.05) is 64.0 Å². The molecule has 1 aromatic rings. The fourth-order valence-electron chi connectivity index (χ4n) is 9.61. The Hall–Kier alpha value is -1.50. The van der Waals surface area contributed by atoms with Crippen LogP contribution in [0.15, 0.2) is 24.3 Å². The zero-order valence-corrected chi connectivity index (χ0v) is 47.9. The number of aliphatic hydroxyl groups is 4. The quantitative estimate of drug-likeness (QED) is 0.0469. The van der Waals surface area contributed by atoms with Gasteiger partial charge in [0.05, 0.1) is 50.8 Å². The second-order valence-corrected chi connectivity index (χ2v) is 21.6. The number of unbranched alkanes of at least 4 members (excludes halogenated alkanes) is 32. The zero-order chi connectivity index (χ0) is 52.2. The van der Waals surface area contributed by atoms with E-state index in [1.54, 1.807) is 0 Å². The topological polar surface area (TPSA) is 124 Å². The first-order valence-electron chi connectivity index (χ1n) is 31.0. The second-order valence-electron chi connectivity index (χ2n) is 21.6. The van der Waals surface area contributed by atoms with Crippen LogP contribution in [-0.2, 0) is 18.9 Å². The number of anilines is 2. The van der Waals surface area contributed by atoms with E-state index in [2.05, 4.69) is 27.7 Å². The van der Waals surface area contributed by atoms with Crippen LogP contribution >= 0.6 is 0 Å². The number of benzene rings is 1. The first-order chi connectivity index (χ1) is 35.3. The van der Waals surface area contributed by atoms with Gasteiger partial charge in [-0.3, -0.25) is 0 Å².